The molecule has 25 heavy (non-hydrogen) atoms. The van der Waals surface area contributed by atoms with Crippen LogP contribution in [0.2, 0.25) is 0 Å². The van der Waals surface area contributed by atoms with Crippen molar-refractivity contribution in [2.24, 2.45) is 0 Å². The molecule has 0 saturated carbocycles. The Labute approximate surface area is 155 Å². The van der Waals surface area contributed by atoms with Gasteiger partial charge in [-0.3, -0.25) is 0 Å². The normalized spacial score (nSPS) is 11.6. The first-order chi connectivity index (χ1) is 12.1. The van der Waals surface area contributed by atoms with Gasteiger partial charge in [-0.1, -0.05) is 58.4 Å². The van der Waals surface area contributed by atoms with Crippen LogP contribution in [0.4, 0.5) is 0 Å². The molecule has 126 valence electrons. The van der Waals surface area contributed by atoms with Crippen LogP contribution in [0.3, 0.4) is 0 Å². The first-order valence-corrected chi connectivity index (χ1v) is 8.70. The Morgan fingerprint density at radius 2 is 1.36 bits per heavy atom. The number of carbonyl (C=O) groups is 1. The van der Waals surface area contributed by atoms with Gasteiger partial charge in [0.2, 0.25) is 0 Å². The van der Waals surface area contributed by atoms with Gasteiger partial charge in [-0.2, -0.15) is 0 Å². The third-order valence-electron chi connectivity index (χ3n) is 3.64. The van der Waals surface area contributed by atoms with Crippen molar-refractivity contribution in [1.29, 1.82) is 0 Å². The number of hydrogen-bond acceptors (Lipinski definition) is 3. The molecule has 0 aliphatic carbocycles. The zero-order chi connectivity index (χ0) is 17.6. The van der Waals surface area contributed by atoms with Gasteiger partial charge in [0.25, 0.3) is 0 Å². The van der Waals surface area contributed by atoms with E-state index in [1.54, 1.807) is 31.2 Å². The number of esters is 1. The van der Waals surface area contributed by atoms with Gasteiger partial charge in [0.15, 0.2) is 6.10 Å². The van der Waals surface area contributed by atoms with E-state index in [4.69, 9.17) is 9.47 Å². The van der Waals surface area contributed by atoms with Crippen LogP contribution in [0.25, 0.3) is 11.1 Å². The summed E-state index contributed by atoms with van der Waals surface area (Å²) in [5.74, 6) is 0.679. The Kier molecular flexibility index (Phi) is 5.51. The number of hydrogen-bond donors (Lipinski definition) is 0. The van der Waals surface area contributed by atoms with Gasteiger partial charge in [0.05, 0.1) is 0 Å². The highest BCUT2D eigenvalue weighted by Gasteiger charge is 2.17. The van der Waals surface area contributed by atoms with Crippen LogP contribution in [-0.2, 0) is 4.79 Å². The molecule has 0 bridgehead atoms. The summed E-state index contributed by atoms with van der Waals surface area (Å²) in [5.41, 5.74) is 2.19. The standard InChI is InChI=1S/C21H17BrO3/c1-15(24-19-13-9-18(22)10-14-19)21(23)25-20-11-7-17(8-12-20)16-5-3-2-4-6-16/h2-15H,1H3. The summed E-state index contributed by atoms with van der Waals surface area (Å²) in [6.45, 7) is 1.67. The van der Waals surface area contributed by atoms with Crippen LogP contribution in [0.5, 0.6) is 11.5 Å². The summed E-state index contributed by atoms with van der Waals surface area (Å²) in [6.07, 6.45) is -0.699. The molecule has 3 aromatic carbocycles. The van der Waals surface area contributed by atoms with Gasteiger partial charge >= 0.3 is 5.97 Å². The average Bonchev–Trinajstić information content (AvgIpc) is 2.65. The quantitative estimate of drug-likeness (QED) is 0.422. The van der Waals surface area contributed by atoms with E-state index in [9.17, 15) is 4.79 Å². The molecule has 3 aromatic rings. The topological polar surface area (TPSA) is 35.5 Å². The Morgan fingerprint density at radius 3 is 2.00 bits per heavy atom. The van der Waals surface area contributed by atoms with E-state index >= 15 is 0 Å². The highest BCUT2D eigenvalue weighted by molar-refractivity contribution is 9.10. The number of benzene rings is 3. The van der Waals surface area contributed by atoms with Crippen LogP contribution in [0, 0.1) is 0 Å². The molecule has 1 atom stereocenters. The van der Waals surface area contributed by atoms with Gasteiger partial charge < -0.3 is 9.47 Å². The lowest BCUT2D eigenvalue weighted by atomic mass is 10.1. The smallest absolute Gasteiger partial charge is 0.352 e. The molecule has 0 saturated heterocycles. The molecule has 0 aromatic heterocycles. The predicted molar refractivity (Wildman–Crippen MR) is 102 cm³/mol. The average molecular weight is 397 g/mol. The van der Waals surface area contributed by atoms with Crippen molar-refractivity contribution >= 4 is 21.9 Å². The molecule has 3 rings (SSSR count). The van der Waals surface area contributed by atoms with Crippen LogP contribution in [0.1, 0.15) is 6.92 Å². The molecule has 4 heteroatoms. The van der Waals surface area contributed by atoms with Crippen molar-refractivity contribution in [3.63, 3.8) is 0 Å². The van der Waals surface area contributed by atoms with Crippen molar-refractivity contribution in [2.45, 2.75) is 13.0 Å². The lowest BCUT2D eigenvalue weighted by Crippen LogP contribution is -2.28. The number of ether oxygens (including phenoxy) is 2. The third-order valence-corrected chi connectivity index (χ3v) is 4.17. The molecular formula is C21H17BrO3. The fourth-order valence-corrected chi connectivity index (χ4v) is 2.57. The van der Waals surface area contributed by atoms with Crippen molar-refractivity contribution in [2.75, 3.05) is 0 Å². The minimum atomic E-state index is -0.699. The SMILES string of the molecule is CC(Oc1ccc(Br)cc1)C(=O)Oc1ccc(-c2ccccc2)cc1. The second-order valence-corrected chi connectivity index (χ2v) is 6.44. The zero-order valence-corrected chi connectivity index (χ0v) is 15.3. The van der Waals surface area contributed by atoms with E-state index in [-0.39, 0.29) is 0 Å². The van der Waals surface area contributed by atoms with Gasteiger partial charge in [0.1, 0.15) is 11.5 Å². The second kappa shape index (κ2) is 7.99. The molecule has 1 unspecified atom stereocenters. The zero-order valence-electron chi connectivity index (χ0n) is 13.7. The molecule has 0 heterocycles. The van der Waals surface area contributed by atoms with E-state index in [0.29, 0.717) is 11.5 Å². The van der Waals surface area contributed by atoms with Crippen LogP contribution in [-0.4, -0.2) is 12.1 Å². The Balaban J connectivity index is 1.61. The fourth-order valence-electron chi connectivity index (χ4n) is 2.31. The summed E-state index contributed by atoms with van der Waals surface area (Å²) < 4.78 is 11.9. The molecular weight excluding hydrogens is 380 g/mol. The molecule has 0 fully saturated rings. The molecule has 0 N–H and O–H groups in total. The highest BCUT2D eigenvalue weighted by atomic mass is 79.9. The first-order valence-electron chi connectivity index (χ1n) is 7.91. The third kappa shape index (κ3) is 4.70. The van der Waals surface area contributed by atoms with Gasteiger partial charge in [-0.15, -0.1) is 0 Å². The van der Waals surface area contributed by atoms with Crippen molar-refractivity contribution < 1.29 is 14.3 Å². The fraction of sp³-hybridized carbons (Fsp3) is 0.0952. The largest absolute Gasteiger partial charge is 0.479 e. The lowest BCUT2D eigenvalue weighted by Gasteiger charge is -2.14. The van der Waals surface area contributed by atoms with Crippen molar-refractivity contribution in [1.82, 2.24) is 0 Å². The second-order valence-electron chi connectivity index (χ2n) is 5.53. The summed E-state index contributed by atoms with van der Waals surface area (Å²) in [4.78, 5) is 12.2. The first kappa shape index (κ1) is 17.2. The predicted octanol–water partition coefficient (Wildman–Crippen LogP) is 5.49. The molecule has 0 spiro atoms. The maximum absolute atomic E-state index is 12.2. The van der Waals surface area contributed by atoms with Crippen LogP contribution >= 0.6 is 15.9 Å². The Morgan fingerprint density at radius 1 is 0.800 bits per heavy atom. The summed E-state index contributed by atoms with van der Waals surface area (Å²) in [5, 5.41) is 0. The summed E-state index contributed by atoms with van der Waals surface area (Å²) in [6, 6.07) is 24.8. The maximum Gasteiger partial charge on any atom is 0.352 e. The summed E-state index contributed by atoms with van der Waals surface area (Å²) in [7, 11) is 0. The van der Waals surface area contributed by atoms with Crippen LogP contribution < -0.4 is 9.47 Å². The molecule has 0 aliphatic rings. The Bertz CT molecular complexity index is 827. The maximum atomic E-state index is 12.2. The van der Waals surface area contributed by atoms with Gasteiger partial charge in [-0.05, 0) is 54.4 Å². The minimum Gasteiger partial charge on any atom is -0.479 e. The summed E-state index contributed by atoms with van der Waals surface area (Å²) >= 11 is 3.36. The number of carbonyl (C=O) groups excluding carboxylic acids is 1. The number of halogens is 1. The van der Waals surface area contributed by atoms with Crippen molar-refractivity contribution in [3.8, 4) is 22.6 Å². The van der Waals surface area contributed by atoms with E-state index in [2.05, 4.69) is 15.9 Å². The Hall–Kier alpha value is -2.59. The molecule has 0 radical (unpaired) electrons. The monoisotopic (exact) mass is 396 g/mol. The molecule has 0 aliphatic heterocycles. The molecule has 3 nitrogen and oxygen atoms in total. The minimum absolute atomic E-state index is 0.435. The van der Waals surface area contributed by atoms with Gasteiger partial charge in [-0.25, -0.2) is 4.79 Å². The van der Waals surface area contributed by atoms with Gasteiger partial charge in [0, 0.05) is 4.47 Å². The number of rotatable bonds is 5. The van der Waals surface area contributed by atoms with E-state index in [0.717, 1.165) is 15.6 Å². The van der Waals surface area contributed by atoms with E-state index in [1.807, 2.05) is 54.6 Å². The van der Waals surface area contributed by atoms with E-state index in [1.165, 1.54) is 0 Å². The molecule has 0 amide bonds. The lowest BCUT2D eigenvalue weighted by molar-refractivity contribution is -0.141. The highest BCUT2D eigenvalue weighted by Crippen LogP contribution is 2.23. The van der Waals surface area contributed by atoms with Crippen molar-refractivity contribution in [3.05, 3.63) is 83.3 Å². The van der Waals surface area contributed by atoms with Crippen LogP contribution in [0.15, 0.2) is 83.3 Å². The van der Waals surface area contributed by atoms with E-state index < -0.39 is 12.1 Å².